The highest BCUT2D eigenvalue weighted by Gasteiger charge is 2.34. The zero-order chi connectivity index (χ0) is 12.3. The van der Waals surface area contributed by atoms with E-state index in [1.54, 1.807) is 0 Å². The van der Waals surface area contributed by atoms with Gasteiger partial charge in [-0.3, -0.25) is 0 Å². The van der Waals surface area contributed by atoms with Gasteiger partial charge in [-0.25, -0.2) is 0 Å². The molecule has 104 valence electrons. The van der Waals surface area contributed by atoms with E-state index >= 15 is 0 Å². The molecule has 0 aromatic heterocycles. The molecule has 2 saturated heterocycles. The van der Waals surface area contributed by atoms with Crippen LogP contribution in [0.15, 0.2) is 0 Å². The van der Waals surface area contributed by atoms with Gasteiger partial charge in [0.1, 0.15) is 0 Å². The van der Waals surface area contributed by atoms with Crippen LogP contribution in [-0.2, 0) is 0 Å². The molecule has 0 bridgehead atoms. The van der Waals surface area contributed by atoms with E-state index in [0.29, 0.717) is 5.41 Å². The van der Waals surface area contributed by atoms with E-state index < -0.39 is 0 Å². The Morgan fingerprint density at radius 1 is 0.833 bits per heavy atom. The van der Waals surface area contributed by atoms with E-state index in [-0.39, 0.29) is 0 Å². The summed E-state index contributed by atoms with van der Waals surface area (Å²) in [5.74, 6) is 8.64. The predicted octanol–water partition coefficient (Wildman–Crippen LogP) is 4.63. The van der Waals surface area contributed by atoms with Gasteiger partial charge in [0.25, 0.3) is 0 Å². The van der Waals surface area contributed by atoms with Gasteiger partial charge >= 0.3 is 0 Å². The van der Waals surface area contributed by atoms with Crippen molar-refractivity contribution in [2.45, 2.75) is 42.6 Å². The Hall–Kier alpha value is 1.40. The minimum Gasteiger partial charge on any atom is -0.160 e. The van der Waals surface area contributed by atoms with Gasteiger partial charge in [0, 0.05) is 33.5 Å². The lowest BCUT2D eigenvalue weighted by Crippen LogP contribution is -2.30. The second-order valence-corrected chi connectivity index (χ2v) is 10.7. The normalized spacial score (nSPS) is 33.3. The van der Waals surface area contributed by atoms with Crippen molar-refractivity contribution >= 4 is 47.0 Å². The van der Waals surface area contributed by atoms with Crippen LogP contribution in [0.25, 0.3) is 0 Å². The molecular formula is C14H24S4. The van der Waals surface area contributed by atoms with Crippen LogP contribution in [0.5, 0.6) is 0 Å². The lowest BCUT2D eigenvalue weighted by atomic mass is 9.77. The lowest BCUT2D eigenvalue weighted by molar-refractivity contribution is 0.258. The zero-order valence-corrected chi connectivity index (χ0v) is 14.3. The minimum atomic E-state index is 0.715. The van der Waals surface area contributed by atoms with Crippen molar-refractivity contribution in [1.29, 1.82) is 0 Å². The van der Waals surface area contributed by atoms with Gasteiger partial charge in [-0.15, -0.1) is 0 Å². The average molecular weight is 321 g/mol. The van der Waals surface area contributed by atoms with Crippen LogP contribution in [0.1, 0.15) is 32.1 Å². The topological polar surface area (TPSA) is 0 Å². The van der Waals surface area contributed by atoms with Crippen molar-refractivity contribution in [1.82, 2.24) is 0 Å². The van der Waals surface area contributed by atoms with Gasteiger partial charge in [0.05, 0.1) is 0 Å². The maximum Gasteiger partial charge on any atom is 0.0229 e. The van der Waals surface area contributed by atoms with Crippen LogP contribution in [-0.4, -0.2) is 45.0 Å². The Morgan fingerprint density at radius 2 is 1.33 bits per heavy atom. The van der Waals surface area contributed by atoms with Crippen LogP contribution in [0.3, 0.4) is 0 Å². The van der Waals surface area contributed by atoms with E-state index in [1.807, 2.05) is 0 Å². The molecular weight excluding hydrogens is 296 g/mol. The molecule has 3 rings (SSSR count). The first-order valence-corrected chi connectivity index (χ1v) is 11.7. The fourth-order valence-electron chi connectivity index (χ4n) is 2.77. The largest absolute Gasteiger partial charge is 0.160 e. The molecule has 2 atom stereocenters. The molecule has 0 amide bonds. The molecule has 0 nitrogen and oxygen atoms in total. The Bertz CT molecular complexity index is 235. The van der Waals surface area contributed by atoms with Crippen molar-refractivity contribution < 1.29 is 0 Å². The van der Waals surface area contributed by atoms with E-state index in [9.17, 15) is 0 Å². The summed E-state index contributed by atoms with van der Waals surface area (Å²) in [7, 11) is 0. The maximum atomic E-state index is 2.26. The predicted molar refractivity (Wildman–Crippen MR) is 92.7 cm³/mol. The van der Waals surface area contributed by atoms with Crippen molar-refractivity contribution in [3.63, 3.8) is 0 Å². The molecule has 2 unspecified atom stereocenters. The van der Waals surface area contributed by atoms with Gasteiger partial charge < -0.3 is 0 Å². The molecule has 0 aromatic rings. The molecule has 1 aliphatic carbocycles. The lowest BCUT2D eigenvalue weighted by Gasteiger charge is -2.37. The first kappa shape index (κ1) is 14.3. The Labute approximate surface area is 129 Å². The molecule has 0 aromatic carbocycles. The minimum absolute atomic E-state index is 0.715. The van der Waals surface area contributed by atoms with E-state index in [4.69, 9.17) is 0 Å². The summed E-state index contributed by atoms with van der Waals surface area (Å²) in [5.41, 5.74) is 0.715. The molecule has 0 radical (unpaired) electrons. The van der Waals surface area contributed by atoms with Crippen molar-refractivity contribution in [2.75, 3.05) is 34.5 Å². The van der Waals surface area contributed by atoms with Gasteiger partial charge in [0.2, 0.25) is 0 Å². The fraction of sp³-hybridized carbons (Fsp3) is 1.00. The quantitative estimate of drug-likeness (QED) is 0.597. The van der Waals surface area contributed by atoms with Gasteiger partial charge in [0.15, 0.2) is 0 Å². The molecule has 18 heavy (non-hydrogen) atoms. The van der Waals surface area contributed by atoms with Crippen LogP contribution in [0.4, 0.5) is 0 Å². The smallest absolute Gasteiger partial charge is 0.0229 e. The number of thioether (sulfide) groups is 4. The number of hydrogen-bond acceptors (Lipinski definition) is 4. The fourth-order valence-corrected chi connectivity index (χ4v) is 7.70. The monoisotopic (exact) mass is 320 g/mol. The number of hydrogen-bond donors (Lipinski definition) is 0. The summed E-state index contributed by atoms with van der Waals surface area (Å²) < 4.78 is 0. The molecule has 0 spiro atoms. The van der Waals surface area contributed by atoms with E-state index in [2.05, 4.69) is 47.0 Å². The zero-order valence-electron chi connectivity index (χ0n) is 11.1. The number of rotatable bonds is 8. The summed E-state index contributed by atoms with van der Waals surface area (Å²) in [6.07, 6.45) is 7.52. The van der Waals surface area contributed by atoms with Crippen LogP contribution in [0.2, 0.25) is 0 Å². The van der Waals surface area contributed by atoms with Crippen LogP contribution in [0, 0.1) is 5.41 Å². The third-order valence-corrected chi connectivity index (χ3v) is 9.42. The summed E-state index contributed by atoms with van der Waals surface area (Å²) in [6.45, 7) is 0. The van der Waals surface area contributed by atoms with Gasteiger partial charge in [-0.1, -0.05) is 19.3 Å². The molecule has 3 aliphatic rings. The summed E-state index contributed by atoms with van der Waals surface area (Å²) in [6, 6.07) is 0. The second-order valence-electron chi connectivity index (χ2n) is 6.00. The SMILES string of the molecule is C1CCC(CSCC2CS2)(CSCC2CS2)CC1. The molecule has 1 saturated carbocycles. The first-order chi connectivity index (χ1) is 8.86. The van der Waals surface area contributed by atoms with Crippen LogP contribution >= 0.6 is 47.0 Å². The second kappa shape index (κ2) is 6.91. The van der Waals surface area contributed by atoms with Crippen molar-refractivity contribution in [3.8, 4) is 0 Å². The maximum absolute atomic E-state index is 2.26. The van der Waals surface area contributed by atoms with Gasteiger partial charge in [-0.2, -0.15) is 47.0 Å². The highest BCUT2D eigenvalue weighted by molar-refractivity contribution is 8.09. The summed E-state index contributed by atoms with van der Waals surface area (Å²) >= 11 is 8.84. The van der Waals surface area contributed by atoms with Gasteiger partial charge in [-0.05, 0) is 29.8 Å². The van der Waals surface area contributed by atoms with Crippen LogP contribution < -0.4 is 0 Å². The summed E-state index contributed by atoms with van der Waals surface area (Å²) in [4.78, 5) is 0. The van der Waals surface area contributed by atoms with Crippen molar-refractivity contribution in [3.05, 3.63) is 0 Å². The summed E-state index contributed by atoms with van der Waals surface area (Å²) in [5, 5.41) is 2.04. The highest BCUT2D eigenvalue weighted by Crippen LogP contribution is 2.44. The third kappa shape index (κ3) is 4.75. The Morgan fingerprint density at radius 3 is 1.78 bits per heavy atom. The molecule has 4 heteroatoms. The third-order valence-electron chi connectivity index (χ3n) is 4.14. The standard InChI is InChI=1S/C14H24S4/c1-2-4-14(5-3-1,10-15-6-12-8-17-12)11-16-7-13-9-18-13/h12-13H,1-11H2. The first-order valence-electron chi connectivity index (χ1n) is 7.25. The average Bonchev–Trinajstić information content (AvgIpc) is 3.25. The van der Waals surface area contributed by atoms with E-state index in [1.165, 1.54) is 66.6 Å². The highest BCUT2D eigenvalue weighted by atomic mass is 32.2. The molecule has 3 fully saturated rings. The Balaban J connectivity index is 1.41. The van der Waals surface area contributed by atoms with E-state index in [0.717, 1.165) is 10.5 Å². The molecule has 0 N–H and O–H groups in total. The van der Waals surface area contributed by atoms with Crippen molar-refractivity contribution in [2.24, 2.45) is 5.41 Å². The Kier molecular flexibility index (Phi) is 5.50. The molecule has 2 aliphatic heterocycles. The molecule has 2 heterocycles.